The Morgan fingerprint density at radius 1 is 1.59 bits per heavy atom. The van der Waals surface area contributed by atoms with Crippen LogP contribution in [0.15, 0.2) is 11.4 Å². The molecular formula is C12H20Cl2N2S. The van der Waals surface area contributed by atoms with E-state index >= 15 is 0 Å². The van der Waals surface area contributed by atoms with E-state index in [1.165, 1.54) is 24.3 Å². The van der Waals surface area contributed by atoms with E-state index in [2.05, 4.69) is 17.9 Å². The summed E-state index contributed by atoms with van der Waals surface area (Å²) in [6, 6.07) is 2.61. The molecule has 1 aromatic heterocycles. The van der Waals surface area contributed by atoms with Gasteiger partial charge in [-0.05, 0) is 31.4 Å². The van der Waals surface area contributed by atoms with Gasteiger partial charge in [0.1, 0.15) is 0 Å². The van der Waals surface area contributed by atoms with E-state index in [-0.39, 0.29) is 12.4 Å². The van der Waals surface area contributed by atoms with Crippen molar-refractivity contribution in [3.63, 3.8) is 0 Å². The van der Waals surface area contributed by atoms with Crippen molar-refractivity contribution in [3.8, 4) is 0 Å². The zero-order chi connectivity index (χ0) is 11.5. The summed E-state index contributed by atoms with van der Waals surface area (Å²) in [6.07, 6.45) is 2.60. The maximum absolute atomic E-state index is 5.94. The van der Waals surface area contributed by atoms with E-state index in [9.17, 15) is 0 Å². The molecule has 1 aliphatic rings. The van der Waals surface area contributed by atoms with Gasteiger partial charge >= 0.3 is 0 Å². The molecule has 17 heavy (non-hydrogen) atoms. The van der Waals surface area contributed by atoms with E-state index in [1.807, 2.05) is 5.38 Å². The SMILES string of the molecule is CC1CCCN(Cc2cc(Cl)cs2)C1CN.Cl. The topological polar surface area (TPSA) is 29.3 Å². The minimum Gasteiger partial charge on any atom is -0.329 e. The van der Waals surface area contributed by atoms with E-state index in [1.54, 1.807) is 11.3 Å². The quantitative estimate of drug-likeness (QED) is 0.926. The van der Waals surface area contributed by atoms with Crippen LogP contribution in [0.2, 0.25) is 5.02 Å². The van der Waals surface area contributed by atoms with Gasteiger partial charge in [0.25, 0.3) is 0 Å². The minimum atomic E-state index is 0. The molecule has 0 spiro atoms. The van der Waals surface area contributed by atoms with Crippen molar-refractivity contribution in [2.75, 3.05) is 13.1 Å². The maximum Gasteiger partial charge on any atom is 0.0516 e. The van der Waals surface area contributed by atoms with Gasteiger partial charge in [-0.1, -0.05) is 18.5 Å². The molecule has 98 valence electrons. The predicted molar refractivity (Wildman–Crippen MR) is 78.2 cm³/mol. The average molecular weight is 295 g/mol. The molecule has 0 saturated carbocycles. The van der Waals surface area contributed by atoms with Crippen LogP contribution in [0.3, 0.4) is 0 Å². The second kappa shape index (κ2) is 6.95. The van der Waals surface area contributed by atoms with Crippen molar-refractivity contribution in [2.45, 2.75) is 32.4 Å². The summed E-state index contributed by atoms with van der Waals surface area (Å²) in [5, 5.41) is 2.86. The maximum atomic E-state index is 5.94. The van der Waals surface area contributed by atoms with Crippen LogP contribution in [0.1, 0.15) is 24.6 Å². The Balaban J connectivity index is 0.00000144. The van der Waals surface area contributed by atoms with Gasteiger partial charge in [0.15, 0.2) is 0 Å². The first-order valence-corrected chi connectivity index (χ1v) is 7.13. The number of nitrogens with two attached hydrogens (primary N) is 1. The van der Waals surface area contributed by atoms with Gasteiger partial charge in [0.2, 0.25) is 0 Å². The summed E-state index contributed by atoms with van der Waals surface area (Å²) in [7, 11) is 0. The van der Waals surface area contributed by atoms with Crippen molar-refractivity contribution in [3.05, 3.63) is 21.3 Å². The molecule has 0 radical (unpaired) electrons. The highest BCUT2D eigenvalue weighted by Crippen LogP contribution is 2.27. The van der Waals surface area contributed by atoms with E-state index < -0.39 is 0 Å². The predicted octanol–water partition coefficient (Wildman–Crippen LogP) is 3.38. The third kappa shape index (κ3) is 3.83. The van der Waals surface area contributed by atoms with Crippen LogP contribution >= 0.6 is 35.3 Å². The van der Waals surface area contributed by atoms with Crippen LogP contribution in [0.5, 0.6) is 0 Å². The minimum absolute atomic E-state index is 0. The molecule has 1 fully saturated rings. The molecule has 2 unspecified atom stereocenters. The Kier molecular flexibility index (Phi) is 6.24. The molecule has 0 aromatic carbocycles. The lowest BCUT2D eigenvalue weighted by Crippen LogP contribution is -2.47. The molecule has 0 amide bonds. The summed E-state index contributed by atoms with van der Waals surface area (Å²) < 4.78 is 0. The molecule has 1 aromatic rings. The third-order valence-electron chi connectivity index (χ3n) is 3.45. The summed E-state index contributed by atoms with van der Waals surface area (Å²) in [4.78, 5) is 3.86. The molecule has 0 aliphatic carbocycles. The highest BCUT2D eigenvalue weighted by atomic mass is 35.5. The average Bonchev–Trinajstić information content (AvgIpc) is 2.64. The smallest absolute Gasteiger partial charge is 0.0516 e. The highest BCUT2D eigenvalue weighted by molar-refractivity contribution is 7.10. The third-order valence-corrected chi connectivity index (χ3v) is 4.72. The zero-order valence-electron chi connectivity index (χ0n) is 10.1. The van der Waals surface area contributed by atoms with Crippen molar-refractivity contribution < 1.29 is 0 Å². The van der Waals surface area contributed by atoms with Gasteiger partial charge in [0, 0.05) is 29.4 Å². The van der Waals surface area contributed by atoms with Crippen LogP contribution in [-0.4, -0.2) is 24.0 Å². The molecule has 2 nitrogen and oxygen atoms in total. The molecule has 2 rings (SSSR count). The van der Waals surface area contributed by atoms with Gasteiger partial charge in [-0.2, -0.15) is 0 Å². The number of thiophene rings is 1. The monoisotopic (exact) mass is 294 g/mol. The van der Waals surface area contributed by atoms with Gasteiger partial charge in [-0.3, -0.25) is 4.90 Å². The van der Waals surface area contributed by atoms with Gasteiger partial charge in [0.05, 0.1) is 5.02 Å². The highest BCUT2D eigenvalue weighted by Gasteiger charge is 2.27. The largest absolute Gasteiger partial charge is 0.329 e. The standard InChI is InChI=1S/C12H19ClN2S.ClH/c1-9-3-2-4-15(12(9)6-14)7-11-5-10(13)8-16-11;/h5,8-9,12H,2-4,6-7,14H2,1H3;1H. The van der Waals surface area contributed by atoms with Crippen molar-refractivity contribution >= 4 is 35.3 Å². The molecule has 5 heteroatoms. The fraction of sp³-hybridized carbons (Fsp3) is 0.667. The number of rotatable bonds is 3. The van der Waals surface area contributed by atoms with Gasteiger partial charge in [-0.15, -0.1) is 23.7 Å². The van der Waals surface area contributed by atoms with Gasteiger partial charge in [-0.25, -0.2) is 0 Å². The Hall–Kier alpha value is 0.200. The normalized spacial score (nSPS) is 25.6. The molecule has 2 atom stereocenters. The number of piperidine rings is 1. The first-order valence-electron chi connectivity index (χ1n) is 5.87. The summed E-state index contributed by atoms with van der Waals surface area (Å²) >= 11 is 7.69. The van der Waals surface area contributed by atoms with Crippen LogP contribution in [0.25, 0.3) is 0 Å². The second-order valence-corrected chi connectivity index (χ2v) is 6.06. The lowest BCUT2D eigenvalue weighted by atomic mass is 9.91. The lowest BCUT2D eigenvalue weighted by molar-refractivity contribution is 0.100. The summed E-state index contributed by atoms with van der Waals surface area (Å²) in [5.74, 6) is 0.717. The summed E-state index contributed by atoms with van der Waals surface area (Å²) in [6.45, 7) is 5.25. The number of likely N-dealkylation sites (tertiary alicyclic amines) is 1. The van der Waals surface area contributed by atoms with E-state index in [0.29, 0.717) is 12.0 Å². The van der Waals surface area contributed by atoms with Crippen molar-refractivity contribution in [1.82, 2.24) is 4.90 Å². The second-order valence-electron chi connectivity index (χ2n) is 4.62. The van der Waals surface area contributed by atoms with Crippen LogP contribution in [0, 0.1) is 5.92 Å². The fourth-order valence-corrected chi connectivity index (χ4v) is 3.65. The molecule has 2 heterocycles. The fourth-order valence-electron chi connectivity index (χ4n) is 2.55. The summed E-state index contributed by atoms with van der Waals surface area (Å²) in [5.41, 5.74) is 5.88. The molecular weight excluding hydrogens is 275 g/mol. The van der Waals surface area contributed by atoms with Gasteiger partial charge < -0.3 is 5.73 Å². The number of halogens is 2. The van der Waals surface area contributed by atoms with Crippen LogP contribution in [0.4, 0.5) is 0 Å². The first-order chi connectivity index (χ1) is 7.70. The Morgan fingerprint density at radius 2 is 2.35 bits per heavy atom. The first kappa shape index (κ1) is 15.3. The Bertz CT molecular complexity index is 343. The van der Waals surface area contributed by atoms with Crippen LogP contribution < -0.4 is 5.73 Å². The van der Waals surface area contributed by atoms with Crippen LogP contribution in [-0.2, 0) is 6.54 Å². The zero-order valence-corrected chi connectivity index (χ0v) is 12.5. The number of hydrogen-bond donors (Lipinski definition) is 1. The molecule has 0 bridgehead atoms. The molecule has 2 N–H and O–H groups in total. The number of nitrogens with zero attached hydrogens (tertiary/aromatic N) is 1. The van der Waals surface area contributed by atoms with E-state index in [0.717, 1.165) is 18.1 Å². The Morgan fingerprint density at radius 3 is 2.94 bits per heavy atom. The van der Waals surface area contributed by atoms with Crippen molar-refractivity contribution in [1.29, 1.82) is 0 Å². The van der Waals surface area contributed by atoms with Crippen molar-refractivity contribution in [2.24, 2.45) is 11.7 Å². The number of hydrogen-bond acceptors (Lipinski definition) is 3. The molecule has 1 saturated heterocycles. The lowest BCUT2D eigenvalue weighted by Gasteiger charge is -2.39. The molecule has 1 aliphatic heterocycles. The van der Waals surface area contributed by atoms with E-state index in [4.69, 9.17) is 17.3 Å². The Labute approximate surface area is 119 Å².